The fourth-order valence-corrected chi connectivity index (χ4v) is 4.41. The molecule has 0 atom stereocenters. The molecule has 1 saturated heterocycles. The number of carbonyl (C=O) groups excluding carboxylic acids is 1. The molecule has 0 aliphatic carbocycles. The largest absolute Gasteiger partial charge is 0.365 e. The highest BCUT2D eigenvalue weighted by atomic mass is 16.2. The highest BCUT2D eigenvalue weighted by Crippen LogP contribution is 2.34. The van der Waals surface area contributed by atoms with E-state index in [9.17, 15) is 9.59 Å². The number of piperidine rings is 1. The Morgan fingerprint density at radius 2 is 2.00 bits per heavy atom. The first-order valence-corrected chi connectivity index (χ1v) is 11.3. The number of H-pyrrole nitrogens is 1. The van der Waals surface area contributed by atoms with Crippen LogP contribution in [-0.2, 0) is 6.42 Å². The number of carbonyl (C=O) groups is 1. The van der Waals surface area contributed by atoms with Gasteiger partial charge in [-0.3, -0.25) is 19.0 Å². The van der Waals surface area contributed by atoms with Crippen LogP contribution >= 0.6 is 0 Å². The maximum Gasteiger partial charge on any atom is 0.261 e. The Kier molecular flexibility index (Phi) is 5.79. The molecular weight excluding hydrogens is 404 g/mol. The molecule has 2 N–H and O–H groups in total. The van der Waals surface area contributed by atoms with Crippen LogP contribution in [0.4, 0.5) is 5.82 Å². The Morgan fingerprint density at radius 3 is 2.66 bits per heavy atom. The Labute approximate surface area is 188 Å². The van der Waals surface area contributed by atoms with Gasteiger partial charge in [0.15, 0.2) is 5.65 Å². The highest BCUT2D eigenvalue weighted by molar-refractivity contribution is 5.94. The normalized spacial score (nSPS) is 15.3. The maximum atomic E-state index is 13.1. The van der Waals surface area contributed by atoms with E-state index < -0.39 is 0 Å². The SMILES string of the molecule is CCc1[nH]c(=O)c(C(=O)N2CCC(c3nc4cnccn4c3NC(C)(C)C)CC2)cc1C. The van der Waals surface area contributed by atoms with Crippen LogP contribution in [0.25, 0.3) is 5.65 Å². The zero-order chi connectivity index (χ0) is 23.0. The number of fused-ring (bicyclic) bond motifs is 1. The topological polar surface area (TPSA) is 95.4 Å². The fraction of sp³-hybridized carbons (Fsp3) is 0.500. The van der Waals surface area contributed by atoms with E-state index >= 15 is 0 Å². The fourth-order valence-electron chi connectivity index (χ4n) is 4.41. The first-order chi connectivity index (χ1) is 15.2. The summed E-state index contributed by atoms with van der Waals surface area (Å²) >= 11 is 0. The average molecular weight is 437 g/mol. The zero-order valence-corrected chi connectivity index (χ0v) is 19.5. The second-order valence-electron chi connectivity index (χ2n) is 9.62. The van der Waals surface area contributed by atoms with Gasteiger partial charge in [0.05, 0.1) is 11.9 Å². The molecule has 0 saturated carbocycles. The van der Waals surface area contributed by atoms with E-state index in [1.807, 2.05) is 24.4 Å². The summed E-state index contributed by atoms with van der Waals surface area (Å²) in [6.45, 7) is 11.5. The van der Waals surface area contributed by atoms with Crippen molar-refractivity contribution in [3.05, 3.63) is 57.5 Å². The van der Waals surface area contributed by atoms with Crippen molar-refractivity contribution >= 4 is 17.4 Å². The van der Waals surface area contributed by atoms with E-state index in [0.29, 0.717) is 13.1 Å². The van der Waals surface area contributed by atoms with Crippen molar-refractivity contribution in [2.24, 2.45) is 0 Å². The molecule has 0 bridgehead atoms. The Hall–Kier alpha value is -3.16. The van der Waals surface area contributed by atoms with Gasteiger partial charge < -0.3 is 15.2 Å². The van der Waals surface area contributed by atoms with Crippen LogP contribution in [-0.4, -0.2) is 48.8 Å². The third kappa shape index (κ3) is 4.26. The van der Waals surface area contributed by atoms with Crippen LogP contribution in [0.15, 0.2) is 29.5 Å². The van der Waals surface area contributed by atoms with E-state index in [2.05, 4.69) is 36.1 Å². The van der Waals surface area contributed by atoms with Crippen LogP contribution in [0.3, 0.4) is 0 Å². The highest BCUT2D eigenvalue weighted by Gasteiger charge is 2.30. The van der Waals surface area contributed by atoms with E-state index in [1.54, 1.807) is 23.4 Å². The van der Waals surface area contributed by atoms with Gasteiger partial charge in [-0.15, -0.1) is 0 Å². The van der Waals surface area contributed by atoms with Gasteiger partial charge in [-0.1, -0.05) is 6.92 Å². The minimum Gasteiger partial charge on any atom is -0.365 e. The molecule has 32 heavy (non-hydrogen) atoms. The van der Waals surface area contributed by atoms with Crippen LogP contribution in [0.1, 0.15) is 73.8 Å². The lowest BCUT2D eigenvalue weighted by Crippen LogP contribution is -2.40. The zero-order valence-electron chi connectivity index (χ0n) is 19.5. The van der Waals surface area contributed by atoms with Gasteiger partial charge in [0, 0.05) is 42.6 Å². The number of pyridine rings is 1. The number of nitrogens with one attached hydrogen (secondary N) is 2. The molecule has 3 aromatic rings. The number of aryl methyl sites for hydroxylation is 2. The summed E-state index contributed by atoms with van der Waals surface area (Å²) in [7, 11) is 0. The van der Waals surface area contributed by atoms with Gasteiger partial charge in [-0.25, -0.2) is 4.98 Å². The summed E-state index contributed by atoms with van der Waals surface area (Å²) in [4.78, 5) is 39.3. The van der Waals surface area contributed by atoms with Crippen molar-refractivity contribution < 1.29 is 4.79 Å². The number of aromatic amines is 1. The standard InChI is InChI=1S/C24H32N6O2/c1-6-18-15(2)13-17(22(31)26-18)23(32)29-10-7-16(8-11-29)20-21(28-24(3,4)5)30-12-9-25-14-19(30)27-20/h9,12-14,16,28H,6-8,10-11H2,1-5H3,(H,26,31). The number of hydrogen-bond acceptors (Lipinski definition) is 5. The number of anilines is 1. The number of aromatic nitrogens is 4. The van der Waals surface area contributed by atoms with E-state index in [0.717, 1.165) is 47.7 Å². The number of amides is 1. The number of imidazole rings is 1. The number of nitrogens with zero attached hydrogens (tertiary/aromatic N) is 4. The second kappa shape index (κ2) is 8.41. The molecular formula is C24H32N6O2. The lowest BCUT2D eigenvalue weighted by atomic mass is 9.92. The smallest absolute Gasteiger partial charge is 0.261 e. The lowest BCUT2D eigenvalue weighted by molar-refractivity contribution is 0.0710. The molecule has 4 rings (SSSR count). The minimum absolute atomic E-state index is 0.117. The Bertz CT molecular complexity index is 1200. The van der Waals surface area contributed by atoms with Crippen LogP contribution in [0.2, 0.25) is 0 Å². The lowest BCUT2D eigenvalue weighted by Gasteiger charge is -2.32. The predicted octanol–water partition coefficient (Wildman–Crippen LogP) is 3.52. The molecule has 8 heteroatoms. The molecule has 0 unspecified atom stereocenters. The second-order valence-corrected chi connectivity index (χ2v) is 9.62. The molecule has 3 aromatic heterocycles. The molecule has 1 amide bonds. The molecule has 1 fully saturated rings. The summed E-state index contributed by atoms with van der Waals surface area (Å²) in [6, 6.07) is 1.73. The average Bonchev–Trinajstić information content (AvgIpc) is 3.11. The Morgan fingerprint density at radius 1 is 1.28 bits per heavy atom. The van der Waals surface area contributed by atoms with Crippen LogP contribution in [0, 0.1) is 6.92 Å². The Balaban J connectivity index is 1.55. The number of hydrogen-bond donors (Lipinski definition) is 2. The van der Waals surface area contributed by atoms with E-state index in [-0.39, 0.29) is 28.5 Å². The van der Waals surface area contributed by atoms with Crippen molar-refractivity contribution in [2.75, 3.05) is 18.4 Å². The van der Waals surface area contributed by atoms with E-state index in [1.165, 1.54) is 0 Å². The third-order valence-electron chi connectivity index (χ3n) is 6.05. The molecule has 8 nitrogen and oxygen atoms in total. The summed E-state index contributed by atoms with van der Waals surface area (Å²) in [5.41, 5.74) is 3.46. The maximum absolute atomic E-state index is 13.1. The van der Waals surface area contributed by atoms with Crippen LogP contribution < -0.4 is 10.9 Å². The number of rotatable bonds is 4. The third-order valence-corrected chi connectivity index (χ3v) is 6.05. The van der Waals surface area contributed by atoms with Crippen molar-refractivity contribution in [3.63, 3.8) is 0 Å². The molecule has 1 aliphatic rings. The first kappa shape index (κ1) is 22.0. The number of likely N-dealkylation sites (tertiary alicyclic amines) is 1. The van der Waals surface area contributed by atoms with Crippen molar-refractivity contribution in [2.45, 2.75) is 65.3 Å². The van der Waals surface area contributed by atoms with Gasteiger partial charge in [0.25, 0.3) is 11.5 Å². The summed E-state index contributed by atoms with van der Waals surface area (Å²) in [5, 5.41) is 3.60. The molecule has 1 aliphatic heterocycles. The van der Waals surface area contributed by atoms with Crippen molar-refractivity contribution in [1.29, 1.82) is 0 Å². The predicted molar refractivity (Wildman–Crippen MR) is 125 cm³/mol. The summed E-state index contributed by atoms with van der Waals surface area (Å²) in [5.74, 6) is 1.02. The van der Waals surface area contributed by atoms with Gasteiger partial charge in [-0.05, 0) is 58.6 Å². The minimum atomic E-state index is -0.302. The quantitative estimate of drug-likeness (QED) is 0.652. The molecule has 0 spiro atoms. The monoisotopic (exact) mass is 436 g/mol. The summed E-state index contributed by atoms with van der Waals surface area (Å²) in [6.07, 6.45) is 7.78. The van der Waals surface area contributed by atoms with Gasteiger partial charge in [-0.2, -0.15) is 0 Å². The van der Waals surface area contributed by atoms with Crippen molar-refractivity contribution in [1.82, 2.24) is 24.3 Å². The summed E-state index contributed by atoms with van der Waals surface area (Å²) < 4.78 is 2.04. The van der Waals surface area contributed by atoms with Crippen molar-refractivity contribution in [3.8, 4) is 0 Å². The van der Waals surface area contributed by atoms with Gasteiger partial charge in [0.1, 0.15) is 11.4 Å². The van der Waals surface area contributed by atoms with Gasteiger partial charge >= 0.3 is 0 Å². The van der Waals surface area contributed by atoms with Gasteiger partial charge in [0.2, 0.25) is 0 Å². The van der Waals surface area contributed by atoms with E-state index in [4.69, 9.17) is 4.98 Å². The molecule has 0 aromatic carbocycles. The molecule has 0 radical (unpaired) electrons. The molecule has 170 valence electrons. The van der Waals surface area contributed by atoms with Crippen LogP contribution in [0.5, 0.6) is 0 Å². The molecule has 4 heterocycles. The first-order valence-electron chi connectivity index (χ1n) is 11.3.